The Morgan fingerprint density at radius 2 is 1.78 bits per heavy atom. The molecule has 0 aliphatic carbocycles. The number of halogens is 2. The molecule has 3 aromatic rings. The van der Waals surface area contributed by atoms with Crippen molar-refractivity contribution in [2.45, 2.75) is 38.5 Å². The summed E-state index contributed by atoms with van der Waals surface area (Å²) in [5, 5.41) is 0.151. The highest BCUT2D eigenvalue weighted by Gasteiger charge is 2.35. The van der Waals surface area contributed by atoms with E-state index >= 15 is 0 Å². The number of aromatic nitrogens is 3. The minimum atomic E-state index is -3.64. The molecule has 13 heteroatoms. The number of pyridine rings is 1. The highest BCUT2D eigenvalue weighted by Crippen LogP contribution is 2.47. The molecule has 1 aromatic carbocycles. The van der Waals surface area contributed by atoms with E-state index in [1.165, 1.54) is 17.8 Å². The summed E-state index contributed by atoms with van der Waals surface area (Å²) in [5.74, 6) is 0. The zero-order valence-electron chi connectivity index (χ0n) is 20.6. The molecular weight excluding hydrogens is 618 g/mol. The summed E-state index contributed by atoms with van der Waals surface area (Å²) in [7, 11) is -2.11. The number of rotatable bonds is 2. The van der Waals surface area contributed by atoms with Gasteiger partial charge in [0.25, 0.3) is 5.56 Å². The molecule has 1 aliphatic rings. The van der Waals surface area contributed by atoms with Gasteiger partial charge in [-0.3, -0.25) is 14.3 Å². The average molecular weight is 643 g/mol. The number of ether oxygens (including phenoxy) is 1. The number of hydrogen-bond donors (Lipinski definition) is 0. The summed E-state index contributed by atoms with van der Waals surface area (Å²) in [6.07, 6.45) is 1.92. The molecule has 2 aromatic heterocycles. The summed E-state index contributed by atoms with van der Waals surface area (Å²) in [6.45, 7) is 7.89. The number of carbonyl (C=O) groups excluding carboxylic acids is 1. The zero-order valence-corrected chi connectivity index (χ0v) is 24.6. The highest BCUT2D eigenvalue weighted by molar-refractivity contribution is 9.11. The SMILES string of the molecule is Cc1c(Br)cc(Br)c2c1N(C(=O)OC(C)(C)C)CCN2c1cc2cnc(S(C)(=O)=O)nc2n(C)c1=O. The number of anilines is 3. The van der Waals surface area contributed by atoms with Gasteiger partial charge in [0.1, 0.15) is 16.9 Å². The molecule has 3 heterocycles. The van der Waals surface area contributed by atoms with Gasteiger partial charge in [-0.25, -0.2) is 18.2 Å². The third-order valence-electron chi connectivity index (χ3n) is 5.65. The third kappa shape index (κ3) is 4.75. The second-order valence-electron chi connectivity index (χ2n) is 9.54. The van der Waals surface area contributed by atoms with Gasteiger partial charge in [0.15, 0.2) is 0 Å². The van der Waals surface area contributed by atoms with Crippen molar-refractivity contribution < 1.29 is 17.9 Å². The predicted molar refractivity (Wildman–Crippen MR) is 145 cm³/mol. The molecule has 1 aliphatic heterocycles. The number of fused-ring (bicyclic) bond motifs is 2. The van der Waals surface area contributed by atoms with Gasteiger partial charge < -0.3 is 9.64 Å². The van der Waals surface area contributed by atoms with E-state index in [4.69, 9.17) is 4.74 Å². The van der Waals surface area contributed by atoms with Crippen LogP contribution in [-0.2, 0) is 21.6 Å². The summed E-state index contributed by atoms with van der Waals surface area (Å²) in [5.41, 5.74) is 1.56. The molecule has 0 radical (unpaired) electrons. The fraction of sp³-hybridized carbons (Fsp3) is 0.391. The molecule has 192 valence electrons. The normalized spacial score (nSPS) is 14.2. The van der Waals surface area contributed by atoms with Gasteiger partial charge in [0.2, 0.25) is 15.0 Å². The number of sulfone groups is 1. The Morgan fingerprint density at radius 3 is 2.39 bits per heavy atom. The second kappa shape index (κ2) is 9.10. The summed E-state index contributed by atoms with van der Waals surface area (Å²) >= 11 is 7.18. The van der Waals surface area contributed by atoms with Crippen molar-refractivity contribution in [2.24, 2.45) is 7.05 Å². The molecule has 36 heavy (non-hydrogen) atoms. The first kappa shape index (κ1) is 26.6. The van der Waals surface area contributed by atoms with E-state index in [0.717, 1.165) is 16.3 Å². The van der Waals surface area contributed by atoms with Gasteiger partial charge in [0.05, 0.1) is 11.4 Å². The van der Waals surface area contributed by atoms with E-state index in [0.29, 0.717) is 33.5 Å². The van der Waals surface area contributed by atoms with Crippen LogP contribution < -0.4 is 15.4 Å². The van der Waals surface area contributed by atoms with Crippen LogP contribution in [0.25, 0.3) is 11.0 Å². The van der Waals surface area contributed by atoms with Crippen LogP contribution in [-0.4, -0.2) is 54.0 Å². The van der Waals surface area contributed by atoms with Crippen molar-refractivity contribution in [1.82, 2.24) is 14.5 Å². The predicted octanol–water partition coefficient (Wildman–Crippen LogP) is 4.46. The quantitative estimate of drug-likeness (QED) is 0.377. The van der Waals surface area contributed by atoms with Crippen LogP contribution in [0.4, 0.5) is 21.9 Å². The number of nitrogens with zero attached hydrogens (tertiary/aromatic N) is 5. The fourth-order valence-electron chi connectivity index (χ4n) is 4.03. The molecule has 0 saturated heterocycles. The van der Waals surface area contributed by atoms with E-state index in [-0.39, 0.29) is 22.9 Å². The van der Waals surface area contributed by atoms with E-state index in [1.807, 2.05) is 38.7 Å². The van der Waals surface area contributed by atoms with Crippen LogP contribution in [0.5, 0.6) is 0 Å². The smallest absolute Gasteiger partial charge is 0.414 e. The summed E-state index contributed by atoms with van der Waals surface area (Å²) < 4.78 is 32.3. The third-order valence-corrected chi connectivity index (χ3v) is 7.94. The molecular formula is C23H25Br2N5O5S. The molecule has 10 nitrogen and oxygen atoms in total. The van der Waals surface area contributed by atoms with Crippen LogP contribution >= 0.6 is 31.9 Å². The van der Waals surface area contributed by atoms with Crippen molar-refractivity contribution in [1.29, 1.82) is 0 Å². The Morgan fingerprint density at radius 1 is 1.11 bits per heavy atom. The monoisotopic (exact) mass is 641 g/mol. The fourth-order valence-corrected chi connectivity index (χ4v) is 5.88. The maximum absolute atomic E-state index is 13.5. The minimum Gasteiger partial charge on any atom is -0.443 e. The maximum Gasteiger partial charge on any atom is 0.414 e. The highest BCUT2D eigenvalue weighted by atomic mass is 79.9. The van der Waals surface area contributed by atoms with Crippen molar-refractivity contribution in [3.63, 3.8) is 0 Å². The Bertz CT molecular complexity index is 1580. The van der Waals surface area contributed by atoms with Crippen LogP contribution in [0.15, 0.2) is 37.2 Å². The summed E-state index contributed by atoms with van der Waals surface area (Å²) in [6, 6.07) is 3.51. The lowest BCUT2D eigenvalue weighted by Crippen LogP contribution is -2.46. The van der Waals surface area contributed by atoms with Crippen molar-refractivity contribution in [3.05, 3.63) is 43.2 Å². The molecule has 1 amide bonds. The van der Waals surface area contributed by atoms with Crippen LogP contribution in [0.1, 0.15) is 26.3 Å². The number of carbonyl (C=O) groups is 1. The largest absolute Gasteiger partial charge is 0.443 e. The molecule has 0 saturated carbocycles. The van der Waals surface area contributed by atoms with E-state index in [1.54, 1.807) is 11.0 Å². The zero-order chi connectivity index (χ0) is 26.7. The first-order valence-electron chi connectivity index (χ1n) is 10.9. The Balaban J connectivity index is 1.92. The molecule has 0 fully saturated rings. The molecule has 0 bridgehead atoms. The van der Waals surface area contributed by atoms with Crippen LogP contribution in [0.2, 0.25) is 0 Å². The van der Waals surface area contributed by atoms with E-state index in [2.05, 4.69) is 41.8 Å². The Labute approximate surface area is 225 Å². The number of benzene rings is 1. The van der Waals surface area contributed by atoms with E-state index in [9.17, 15) is 18.0 Å². The first-order chi connectivity index (χ1) is 16.6. The van der Waals surface area contributed by atoms with Gasteiger partial charge in [-0.1, -0.05) is 15.9 Å². The van der Waals surface area contributed by atoms with Gasteiger partial charge in [-0.05, 0) is 61.3 Å². The molecule has 4 rings (SSSR count). The Hall–Kier alpha value is -2.51. The van der Waals surface area contributed by atoms with Crippen molar-refractivity contribution in [3.8, 4) is 0 Å². The van der Waals surface area contributed by atoms with E-state index < -0.39 is 21.5 Å². The standard InChI is InChI=1S/C23H25Br2N5O5S/c1-12-14(24)10-15(25)18-17(12)30(22(32)35-23(2,3)4)8-7-29(18)16-9-13-11-26-21(36(6,33)34)27-19(13)28(5)20(16)31/h9-11H,7-8H2,1-6H3. The maximum atomic E-state index is 13.5. The lowest BCUT2D eigenvalue weighted by Gasteiger charge is -2.39. The van der Waals surface area contributed by atoms with Gasteiger partial charge >= 0.3 is 6.09 Å². The number of hydrogen-bond acceptors (Lipinski definition) is 8. The topological polar surface area (TPSA) is 115 Å². The lowest BCUT2D eigenvalue weighted by atomic mass is 10.1. The molecule has 0 unspecified atom stereocenters. The summed E-state index contributed by atoms with van der Waals surface area (Å²) in [4.78, 5) is 38.1. The van der Waals surface area contributed by atoms with Gasteiger partial charge in [0, 0.05) is 46.9 Å². The molecule has 0 N–H and O–H groups in total. The Kier molecular flexibility index (Phi) is 6.71. The minimum absolute atomic E-state index is 0.206. The molecule has 0 spiro atoms. The van der Waals surface area contributed by atoms with Gasteiger partial charge in [-0.15, -0.1) is 0 Å². The number of aryl methyl sites for hydroxylation is 1. The molecule has 0 atom stereocenters. The number of amides is 1. The van der Waals surface area contributed by atoms with Crippen molar-refractivity contribution >= 4 is 75.9 Å². The van der Waals surface area contributed by atoms with Crippen LogP contribution in [0, 0.1) is 6.92 Å². The lowest BCUT2D eigenvalue weighted by molar-refractivity contribution is 0.0580. The van der Waals surface area contributed by atoms with Gasteiger partial charge in [-0.2, -0.15) is 4.98 Å². The second-order valence-corrected chi connectivity index (χ2v) is 13.2. The van der Waals surface area contributed by atoms with Crippen LogP contribution in [0.3, 0.4) is 0 Å². The first-order valence-corrected chi connectivity index (χ1v) is 14.4. The average Bonchev–Trinajstić information content (AvgIpc) is 2.77. The van der Waals surface area contributed by atoms with Crippen molar-refractivity contribution in [2.75, 3.05) is 29.1 Å².